The third-order valence-electron chi connectivity index (χ3n) is 1.95. The highest BCUT2D eigenvalue weighted by Crippen LogP contribution is 2.15. The predicted molar refractivity (Wildman–Crippen MR) is 81.2 cm³/mol. The van der Waals surface area contributed by atoms with Crippen molar-refractivity contribution in [3.8, 4) is 0 Å². The molecule has 0 fully saturated rings. The summed E-state index contributed by atoms with van der Waals surface area (Å²) in [5, 5.41) is 6.34. The van der Waals surface area contributed by atoms with Gasteiger partial charge in [-0.1, -0.05) is 0 Å². The average molecular weight is 301 g/mol. The molecule has 0 saturated heterocycles. The molecule has 1 aromatic rings. The zero-order valence-electron chi connectivity index (χ0n) is 11.8. The van der Waals surface area contributed by atoms with Crippen molar-refractivity contribution in [2.24, 2.45) is 4.99 Å². The number of thioether (sulfide) groups is 1. The number of carbonyl (C=O) groups excluding carboxylic acids is 1. The van der Waals surface area contributed by atoms with Crippen LogP contribution in [0.1, 0.15) is 31.5 Å². The maximum atomic E-state index is 11.5. The minimum Gasteiger partial charge on any atom is -0.444 e. The van der Waals surface area contributed by atoms with Gasteiger partial charge in [-0.3, -0.25) is 4.99 Å². The highest BCUT2D eigenvalue weighted by Gasteiger charge is 2.16. The van der Waals surface area contributed by atoms with E-state index in [2.05, 4.69) is 15.3 Å². The molecule has 19 heavy (non-hydrogen) atoms. The second-order valence-electron chi connectivity index (χ2n) is 4.71. The molecule has 0 atom stereocenters. The molecule has 1 rings (SSSR count). The minimum absolute atomic E-state index is 0.366. The van der Waals surface area contributed by atoms with Gasteiger partial charge < -0.3 is 10.1 Å². The summed E-state index contributed by atoms with van der Waals surface area (Å²) in [4.78, 5) is 20.1. The molecule has 0 aliphatic rings. The van der Waals surface area contributed by atoms with Crippen LogP contribution in [0.2, 0.25) is 0 Å². The van der Waals surface area contributed by atoms with Crippen LogP contribution in [-0.4, -0.2) is 35.0 Å². The van der Waals surface area contributed by atoms with Gasteiger partial charge in [0.15, 0.2) is 0 Å². The molecule has 0 aromatic carbocycles. The lowest BCUT2D eigenvalue weighted by atomic mass is 10.2. The van der Waals surface area contributed by atoms with Crippen molar-refractivity contribution in [1.82, 2.24) is 10.3 Å². The van der Waals surface area contributed by atoms with Crippen LogP contribution in [0, 0.1) is 0 Å². The fourth-order valence-electron chi connectivity index (χ4n) is 1.26. The topological polar surface area (TPSA) is 63.6 Å². The first-order chi connectivity index (χ1) is 8.85. The van der Waals surface area contributed by atoms with Gasteiger partial charge in [0.05, 0.1) is 6.54 Å². The lowest BCUT2D eigenvalue weighted by molar-refractivity contribution is 0.0523. The molecule has 7 heteroatoms. The van der Waals surface area contributed by atoms with Crippen LogP contribution in [0.15, 0.2) is 10.4 Å². The summed E-state index contributed by atoms with van der Waals surface area (Å²) in [5.74, 6) is 0. The van der Waals surface area contributed by atoms with Crippen LogP contribution in [-0.2, 0) is 11.3 Å². The predicted octanol–water partition coefficient (Wildman–Crippen LogP) is 2.91. The second-order valence-corrected chi connectivity index (χ2v) is 6.45. The van der Waals surface area contributed by atoms with Crippen molar-refractivity contribution >= 4 is 34.2 Å². The quantitative estimate of drug-likeness (QED) is 0.689. The van der Waals surface area contributed by atoms with E-state index in [-0.39, 0.29) is 0 Å². The van der Waals surface area contributed by atoms with E-state index in [9.17, 15) is 4.79 Å². The summed E-state index contributed by atoms with van der Waals surface area (Å²) in [6.45, 7) is 5.86. The Labute approximate surface area is 121 Å². The number of hydrogen-bond donors (Lipinski definition) is 1. The van der Waals surface area contributed by atoms with Crippen LogP contribution >= 0.6 is 23.1 Å². The van der Waals surface area contributed by atoms with Gasteiger partial charge in [0.1, 0.15) is 21.3 Å². The van der Waals surface area contributed by atoms with Gasteiger partial charge in [-0.2, -0.15) is 0 Å². The number of nitrogens with zero attached hydrogens (tertiary/aromatic N) is 2. The largest absolute Gasteiger partial charge is 0.444 e. The molecule has 106 valence electrons. The zero-order valence-corrected chi connectivity index (χ0v) is 13.4. The van der Waals surface area contributed by atoms with Crippen molar-refractivity contribution in [1.29, 1.82) is 0 Å². The first-order valence-corrected chi connectivity index (χ1v) is 7.88. The molecule has 1 heterocycles. The molecule has 0 aliphatic heterocycles. The van der Waals surface area contributed by atoms with Crippen LogP contribution in [0.25, 0.3) is 0 Å². The monoisotopic (exact) mass is 301 g/mol. The van der Waals surface area contributed by atoms with E-state index < -0.39 is 11.7 Å². The summed E-state index contributed by atoms with van der Waals surface area (Å²) in [6.07, 6.45) is 1.53. The number of ether oxygens (including phenoxy) is 1. The van der Waals surface area contributed by atoms with E-state index in [1.165, 1.54) is 11.3 Å². The van der Waals surface area contributed by atoms with Gasteiger partial charge >= 0.3 is 6.09 Å². The molecule has 5 nitrogen and oxygen atoms in total. The third kappa shape index (κ3) is 5.61. The summed E-state index contributed by atoms with van der Waals surface area (Å²) in [5.41, 5.74) is 0.361. The number of thiazole rings is 1. The molecule has 1 amide bonds. The lowest BCUT2D eigenvalue weighted by Crippen LogP contribution is -2.32. The van der Waals surface area contributed by atoms with Crippen LogP contribution in [0.5, 0.6) is 0 Å². The Bertz CT molecular complexity index is 464. The highest BCUT2D eigenvalue weighted by atomic mass is 32.2. The Morgan fingerprint density at radius 1 is 1.58 bits per heavy atom. The van der Waals surface area contributed by atoms with E-state index in [4.69, 9.17) is 4.74 Å². The zero-order chi connectivity index (χ0) is 14.5. The molecule has 0 bridgehead atoms. The SMILES string of the molecule is CN=C(SC)c1csc(CNC(=O)OC(C)(C)C)n1. The molecule has 0 spiro atoms. The van der Waals surface area contributed by atoms with E-state index in [0.29, 0.717) is 6.54 Å². The van der Waals surface area contributed by atoms with Gasteiger partial charge in [0.2, 0.25) is 0 Å². The Kier molecular flexibility index (Phi) is 5.81. The Hall–Kier alpha value is -1.08. The van der Waals surface area contributed by atoms with Gasteiger partial charge in [-0.05, 0) is 27.0 Å². The Morgan fingerprint density at radius 2 is 2.26 bits per heavy atom. The second kappa shape index (κ2) is 6.91. The molecule has 1 aromatic heterocycles. The number of alkyl carbamates (subject to hydrolysis) is 1. The maximum absolute atomic E-state index is 11.5. The average Bonchev–Trinajstić information content (AvgIpc) is 2.75. The van der Waals surface area contributed by atoms with Crippen molar-refractivity contribution in [2.45, 2.75) is 32.9 Å². The number of aliphatic imine (C=N–C) groups is 1. The molecule has 1 N–H and O–H groups in total. The third-order valence-corrected chi connectivity index (χ3v) is 3.58. The maximum Gasteiger partial charge on any atom is 0.408 e. The van der Waals surface area contributed by atoms with Crippen LogP contribution in [0.4, 0.5) is 4.79 Å². The lowest BCUT2D eigenvalue weighted by Gasteiger charge is -2.19. The minimum atomic E-state index is -0.487. The van der Waals surface area contributed by atoms with Gasteiger partial charge in [-0.15, -0.1) is 23.1 Å². The fourth-order valence-corrected chi connectivity index (χ4v) is 2.55. The van der Waals surface area contributed by atoms with Crippen LogP contribution < -0.4 is 5.32 Å². The molecule has 0 unspecified atom stereocenters. The molecule has 0 aliphatic carbocycles. The molecular formula is C12H19N3O2S2. The normalized spacial score (nSPS) is 12.4. The van der Waals surface area contributed by atoms with E-state index in [0.717, 1.165) is 15.7 Å². The van der Waals surface area contributed by atoms with E-state index in [1.807, 2.05) is 32.4 Å². The smallest absolute Gasteiger partial charge is 0.408 e. The highest BCUT2D eigenvalue weighted by molar-refractivity contribution is 8.13. The van der Waals surface area contributed by atoms with Crippen molar-refractivity contribution in [3.63, 3.8) is 0 Å². The first kappa shape index (κ1) is 16.0. The van der Waals surface area contributed by atoms with Crippen molar-refractivity contribution in [2.75, 3.05) is 13.3 Å². The number of hydrogen-bond acceptors (Lipinski definition) is 6. The first-order valence-electron chi connectivity index (χ1n) is 5.78. The summed E-state index contributed by atoms with van der Waals surface area (Å²) >= 11 is 3.04. The Balaban J connectivity index is 2.53. The van der Waals surface area contributed by atoms with Crippen molar-refractivity contribution < 1.29 is 9.53 Å². The van der Waals surface area contributed by atoms with Gasteiger partial charge in [0.25, 0.3) is 0 Å². The number of amides is 1. The fraction of sp³-hybridized carbons (Fsp3) is 0.583. The summed E-state index contributed by atoms with van der Waals surface area (Å²) in [6, 6.07) is 0. The van der Waals surface area contributed by atoms with Crippen molar-refractivity contribution in [3.05, 3.63) is 16.1 Å². The van der Waals surface area contributed by atoms with Gasteiger partial charge in [0, 0.05) is 12.4 Å². The summed E-state index contributed by atoms with van der Waals surface area (Å²) in [7, 11) is 1.74. The standard InChI is InChI=1S/C12H19N3O2S2/c1-12(2,3)17-11(16)14-6-9-15-8(7-19-9)10(13-4)18-5/h7H,6H2,1-5H3,(H,14,16). The number of aromatic nitrogens is 1. The van der Waals surface area contributed by atoms with E-state index >= 15 is 0 Å². The van der Waals surface area contributed by atoms with Gasteiger partial charge in [-0.25, -0.2) is 9.78 Å². The van der Waals surface area contributed by atoms with E-state index in [1.54, 1.807) is 18.8 Å². The number of rotatable bonds is 3. The summed E-state index contributed by atoms with van der Waals surface area (Å²) < 4.78 is 5.15. The number of carbonyl (C=O) groups is 1. The molecule has 0 radical (unpaired) electrons. The van der Waals surface area contributed by atoms with Crippen LogP contribution in [0.3, 0.4) is 0 Å². The molecular weight excluding hydrogens is 282 g/mol. The molecule has 0 saturated carbocycles. The Morgan fingerprint density at radius 3 is 2.79 bits per heavy atom. The number of nitrogens with one attached hydrogen (secondary N) is 1.